The van der Waals surface area contributed by atoms with Crippen molar-refractivity contribution in [3.8, 4) is 17.2 Å². The van der Waals surface area contributed by atoms with E-state index in [1.165, 1.54) is 6.07 Å². The highest BCUT2D eigenvalue weighted by Crippen LogP contribution is 2.55. The molecule has 1 atom stereocenters. The molecule has 0 fully saturated rings. The zero-order valence-corrected chi connectivity index (χ0v) is 10.8. The summed E-state index contributed by atoms with van der Waals surface area (Å²) in [5.41, 5.74) is 1.46. The Bertz CT molecular complexity index is 756. The van der Waals surface area contributed by atoms with Gasteiger partial charge in [-0.25, -0.2) is 0 Å². The first-order chi connectivity index (χ1) is 9.59. The molecule has 0 N–H and O–H groups in total. The SMILES string of the molecule is CC12COc3cccc(c31)Oc1ccc([N+](=O)[O-])cc12. The van der Waals surface area contributed by atoms with Gasteiger partial charge in [-0.15, -0.1) is 0 Å². The summed E-state index contributed by atoms with van der Waals surface area (Å²) in [5, 5.41) is 11.0. The first-order valence-corrected chi connectivity index (χ1v) is 6.33. The molecule has 2 heterocycles. The minimum absolute atomic E-state index is 0.0707. The second-order valence-electron chi connectivity index (χ2n) is 5.29. The third-order valence-corrected chi connectivity index (χ3v) is 4.04. The lowest BCUT2D eigenvalue weighted by Crippen LogP contribution is -2.29. The number of rotatable bonds is 1. The van der Waals surface area contributed by atoms with Gasteiger partial charge in [0.25, 0.3) is 5.69 Å². The molecule has 0 aromatic heterocycles. The van der Waals surface area contributed by atoms with Gasteiger partial charge in [-0.05, 0) is 25.1 Å². The summed E-state index contributed by atoms with van der Waals surface area (Å²) in [6.07, 6.45) is 0. The number of nitrogens with zero attached hydrogens (tertiary/aromatic N) is 1. The van der Waals surface area contributed by atoms with Crippen LogP contribution in [0.15, 0.2) is 36.4 Å². The zero-order valence-electron chi connectivity index (χ0n) is 10.8. The fraction of sp³-hybridized carbons (Fsp3) is 0.200. The Morgan fingerprint density at radius 3 is 2.80 bits per heavy atom. The van der Waals surface area contributed by atoms with Crippen LogP contribution >= 0.6 is 0 Å². The van der Waals surface area contributed by atoms with E-state index >= 15 is 0 Å². The van der Waals surface area contributed by atoms with Gasteiger partial charge >= 0.3 is 0 Å². The minimum Gasteiger partial charge on any atom is -0.492 e. The normalized spacial score (nSPS) is 21.4. The fourth-order valence-electron chi connectivity index (χ4n) is 3.04. The molecule has 0 saturated heterocycles. The molecule has 0 spiro atoms. The molecule has 2 aromatic rings. The van der Waals surface area contributed by atoms with Crippen LogP contribution in [0.2, 0.25) is 0 Å². The van der Waals surface area contributed by atoms with E-state index in [0.29, 0.717) is 12.4 Å². The van der Waals surface area contributed by atoms with Crippen molar-refractivity contribution in [3.05, 3.63) is 57.6 Å². The van der Waals surface area contributed by atoms with E-state index in [4.69, 9.17) is 9.47 Å². The average molecular weight is 269 g/mol. The van der Waals surface area contributed by atoms with E-state index in [-0.39, 0.29) is 10.6 Å². The van der Waals surface area contributed by atoms with Gasteiger partial charge in [-0.1, -0.05) is 6.07 Å². The Morgan fingerprint density at radius 2 is 2.00 bits per heavy atom. The molecule has 0 aliphatic carbocycles. The molecule has 100 valence electrons. The number of non-ortho nitro benzene ring substituents is 1. The first kappa shape index (κ1) is 11.3. The maximum atomic E-state index is 11.0. The monoisotopic (exact) mass is 269 g/mol. The predicted molar refractivity (Wildman–Crippen MR) is 71.6 cm³/mol. The average Bonchev–Trinajstić information content (AvgIpc) is 2.79. The van der Waals surface area contributed by atoms with Crippen molar-refractivity contribution in [1.29, 1.82) is 0 Å². The summed E-state index contributed by atoms with van der Waals surface area (Å²) in [4.78, 5) is 10.6. The smallest absolute Gasteiger partial charge is 0.270 e. The highest BCUT2D eigenvalue weighted by molar-refractivity contribution is 5.65. The molecule has 0 amide bonds. The maximum Gasteiger partial charge on any atom is 0.270 e. The molecule has 2 aromatic carbocycles. The van der Waals surface area contributed by atoms with Gasteiger partial charge in [0.2, 0.25) is 0 Å². The molecular formula is C15H11NO4. The second-order valence-corrected chi connectivity index (χ2v) is 5.29. The molecule has 5 nitrogen and oxygen atoms in total. The Kier molecular flexibility index (Phi) is 1.98. The third-order valence-electron chi connectivity index (χ3n) is 4.04. The van der Waals surface area contributed by atoms with Crippen LogP contribution in [0, 0.1) is 10.1 Å². The van der Waals surface area contributed by atoms with Crippen molar-refractivity contribution in [2.45, 2.75) is 12.3 Å². The van der Waals surface area contributed by atoms with E-state index < -0.39 is 5.41 Å². The van der Waals surface area contributed by atoms with Crippen molar-refractivity contribution in [1.82, 2.24) is 0 Å². The molecule has 20 heavy (non-hydrogen) atoms. The van der Waals surface area contributed by atoms with E-state index in [1.807, 2.05) is 25.1 Å². The van der Waals surface area contributed by atoms with Gasteiger partial charge < -0.3 is 9.47 Å². The van der Waals surface area contributed by atoms with Crippen LogP contribution in [-0.2, 0) is 5.41 Å². The summed E-state index contributed by atoms with van der Waals surface area (Å²) in [5.74, 6) is 2.22. The summed E-state index contributed by atoms with van der Waals surface area (Å²) >= 11 is 0. The van der Waals surface area contributed by atoms with E-state index in [1.54, 1.807) is 12.1 Å². The molecule has 2 aliphatic rings. The van der Waals surface area contributed by atoms with Crippen molar-refractivity contribution in [3.63, 3.8) is 0 Å². The van der Waals surface area contributed by atoms with Crippen LogP contribution in [-0.4, -0.2) is 11.5 Å². The van der Waals surface area contributed by atoms with Crippen LogP contribution in [0.5, 0.6) is 17.2 Å². The molecule has 4 rings (SSSR count). The molecule has 5 heteroatoms. The number of ether oxygens (including phenoxy) is 2. The molecular weight excluding hydrogens is 258 g/mol. The molecule has 0 radical (unpaired) electrons. The fourth-order valence-corrected chi connectivity index (χ4v) is 3.04. The largest absolute Gasteiger partial charge is 0.492 e. The van der Waals surface area contributed by atoms with Crippen LogP contribution in [0.1, 0.15) is 18.1 Å². The summed E-state index contributed by atoms with van der Waals surface area (Å²) in [7, 11) is 0. The topological polar surface area (TPSA) is 61.6 Å². The summed E-state index contributed by atoms with van der Waals surface area (Å²) in [6.45, 7) is 2.50. The predicted octanol–water partition coefficient (Wildman–Crippen LogP) is 3.40. The number of hydrogen-bond donors (Lipinski definition) is 0. The maximum absolute atomic E-state index is 11.0. The van der Waals surface area contributed by atoms with Crippen molar-refractivity contribution in [2.75, 3.05) is 6.61 Å². The Morgan fingerprint density at radius 1 is 1.20 bits per heavy atom. The molecule has 1 unspecified atom stereocenters. The quantitative estimate of drug-likeness (QED) is 0.588. The van der Waals surface area contributed by atoms with Gasteiger partial charge in [0.05, 0.1) is 15.9 Å². The Balaban J connectivity index is 2.00. The van der Waals surface area contributed by atoms with Crippen LogP contribution < -0.4 is 9.47 Å². The van der Waals surface area contributed by atoms with Gasteiger partial charge in [0.1, 0.15) is 23.9 Å². The van der Waals surface area contributed by atoms with Crippen LogP contribution in [0.4, 0.5) is 5.69 Å². The standard InChI is InChI=1S/C15H11NO4/c1-15-8-19-12-3-2-4-13(14(12)15)20-11-6-5-9(16(17)18)7-10(11)15/h2-7H,8H2,1H3. The summed E-state index contributed by atoms with van der Waals surface area (Å²) < 4.78 is 11.6. The summed E-state index contributed by atoms with van der Waals surface area (Å²) in [6, 6.07) is 10.4. The Hall–Kier alpha value is -2.56. The lowest BCUT2D eigenvalue weighted by molar-refractivity contribution is -0.385. The first-order valence-electron chi connectivity index (χ1n) is 6.33. The van der Waals surface area contributed by atoms with E-state index in [2.05, 4.69) is 0 Å². The third kappa shape index (κ3) is 1.27. The molecule has 0 bridgehead atoms. The highest BCUT2D eigenvalue weighted by atomic mass is 16.6. The molecule has 0 saturated carbocycles. The van der Waals surface area contributed by atoms with Crippen molar-refractivity contribution >= 4 is 5.69 Å². The highest BCUT2D eigenvalue weighted by Gasteiger charge is 2.46. The Labute approximate surface area is 114 Å². The van der Waals surface area contributed by atoms with Gasteiger partial charge in [-0.2, -0.15) is 0 Å². The van der Waals surface area contributed by atoms with Crippen molar-refractivity contribution in [2.24, 2.45) is 0 Å². The van der Waals surface area contributed by atoms with Crippen LogP contribution in [0.3, 0.4) is 0 Å². The van der Waals surface area contributed by atoms with Crippen LogP contribution in [0.25, 0.3) is 0 Å². The second kappa shape index (κ2) is 3.50. The van der Waals surface area contributed by atoms with E-state index in [0.717, 1.165) is 22.6 Å². The van der Waals surface area contributed by atoms with Gasteiger partial charge in [0.15, 0.2) is 0 Å². The van der Waals surface area contributed by atoms with E-state index in [9.17, 15) is 10.1 Å². The number of benzene rings is 2. The number of nitro groups is 1. The number of nitro benzene ring substituents is 1. The lowest BCUT2D eigenvalue weighted by atomic mass is 9.75. The minimum atomic E-state index is -0.397. The van der Waals surface area contributed by atoms with Gasteiger partial charge in [0, 0.05) is 17.7 Å². The van der Waals surface area contributed by atoms with Gasteiger partial charge in [-0.3, -0.25) is 10.1 Å². The lowest BCUT2D eigenvalue weighted by Gasteiger charge is -2.31. The molecule has 2 aliphatic heterocycles. The number of hydrogen-bond acceptors (Lipinski definition) is 4. The zero-order chi connectivity index (χ0) is 13.9. The van der Waals surface area contributed by atoms with Crippen molar-refractivity contribution < 1.29 is 14.4 Å². The number of fused-ring (bicyclic) bond motifs is 2.